The lowest BCUT2D eigenvalue weighted by Gasteiger charge is -2.16. The Kier molecular flexibility index (Phi) is 4.55. The number of rotatable bonds is 5. The molecular weight excluding hydrogens is 308 g/mol. The topological polar surface area (TPSA) is 66.0 Å². The zero-order valence-electron chi connectivity index (χ0n) is 11.0. The Bertz CT molecular complexity index is 555. The highest BCUT2D eigenvalue weighted by atomic mass is 79.9. The van der Waals surface area contributed by atoms with Crippen molar-refractivity contribution in [3.05, 3.63) is 40.4 Å². The number of hydrogen-bond donors (Lipinski definition) is 1. The first-order valence-electron chi connectivity index (χ1n) is 6.13. The van der Waals surface area contributed by atoms with Gasteiger partial charge in [-0.1, -0.05) is 6.92 Å². The maximum atomic E-state index is 6.34. The summed E-state index contributed by atoms with van der Waals surface area (Å²) in [5.74, 6) is 0.709. The summed E-state index contributed by atoms with van der Waals surface area (Å²) in [6.45, 7) is 2.91. The SMILES string of the molecule is CCCn1ncc(OC)c1C(N)c1cncc(Br)c1. The maximum absolute atomic E-state index is 6.34. The zero-order valence-corrected chi connectivity index (χ0v) is 12.6. The summed E-state index contributed by atoms with van der Waals surface area (Å²) in [5, 5.41) is 4.33. The van der Waals surface area contributed by atoms with Gasteiger partial charge in [0.25, 0.3) is 0 Å². The minimum Gasteiger partial charge on any atom is -0.493 e. The molecule has 2 rings (SSSR count). The predicted octanol–water partition coefficient (Wildman–Crippen LogP) is 2.51. The van der Waals surface area contributed by atoms with Crippen LogP contribution in [0.5, 0.6) is 5.75 Å². The van der Waals surface area contributed by atoms with Crippen LogP contribution in [-0.2, 0) is 6.54 Å². The van der Waals surface area contributed by atoms with E-state index in [4.69, 9.17) is 10.5 Å². The van der Waals surface area contributed by atoms with Crippen LogP contribution in [0.2, 0.25) is 0 Å². The second-order valence-corrected chi connectivity index (χ2v) is 5.15. The minimum atomic E-state index is -0.311. The highest BCUT2D eigenvalue weighted by Gasteiger charge is 2.20. The Morgan fingerprint density at radius 2 is 2.21 bits per heavy atom. The Morgan fingerprint density at radius 3 is 2.84 bits per heavy atom. The van der Waals surface area contributed by atoms with E-state index >= 15 is 0 Å². The lowest BCUT2D eigenvalue weighted by atomic mass is 10.1. The van der Waals surface area contributed by atoms with E-state index in [9.17, 15) is 0 Å². The van der Waals surface area contributed by atoms with E-state index in [-0.39, 0.29) is 6.04 Å². The predicted molar refractivity (Wildman–Crippen MR) is 77.0 cm³/mol. The highest BCUT2D eigenvalue weighted by molar-refractivity contribution is 9.10. The number of ether oxygens (including phenoxy) is 1. The highest BCUT2D eigenvalue weighted by Crippen LogP contribution is 2.29. The van der Waals surface area contributed by atoms with Gasteiger partial charge >= 0.3 is 0 Å². The molecular formula is C13H17BrN4O. The van der Waals surface area contributed by atoms with Crippen molar-refractivity contribution in [2.24, 2.45) is 5.73 Å². The van der Waals surface area contributed by atoms with Gasteiger partial charge < -0.3 is 10.5 Å². The molecule has 1 unspecified atom stereocenters. The van der Waals surface area contributed by atoms with Gasteiger partial charge in [-0.15, -0.1) is 0 Å². The Labute approximate surface area is 120 Å². The van der Waals surface area contributed by atoms with Crippen LogP contribution in [0, 0.1) is 0 Å². The molecule has 0 fully saturated rings. The molecule has 0 bridgehead atoms. The number of hydrogen-bond acceptors (Lipinski definition) is 4. The fraction of sp³-hybridized carbons (Fsp3) is 0.385. The first kappa shape index (κ1) is 14.0. The van der Waals surface area contributed by atoms with E-state index in [1.807, 2.05) is 10.7 Å². The normalized spacial score (nSPS) is 12.4. The van der Waals surface area contributed by atoms with E-state index in [1.54, 1.807) is 25.7 Å². The monoisotopic (exact) mass is 324 g/mol. The van der Waals surface area contributed by atoms with E-state index < -0.39 is 0 Å². The molecule has 0 amide bonds. The van der Waals surface area contributed by atoms with Crippen molar-refractivity contribution in [3.8, 4) is 5.75 Å². The molecule has 1 atom stereocenters. The van der Waals surface area contributed by atoms with E-state index in [0.717, 1.165) is 28.7 Å². The lowest BCUT2D eigenvalue weighted by Crippen LogP contribution is -2.18. The summed E-state index contributed by atoms with van der Waals surface area (Å²) in [6, 6.07) is 1.65. The summed E-state index contributed by atoms with van der Waals surface area (Å²) in [7, 11) is 1.63. The average molecular weight is 325 g/mol. The van der Waals surface area contributed by atoms with Crippen LogP contribution in [0.3, 0.4) is 0 Å². The van der Waals surface area contributed by atoms with E-state index in [0.29, 0.717) is 5.75 Å². The number of pyridine rings is 1. The second-order valence-electron chi connectivity index (χ2n) is 4.24. The van der Waals surface area contributed by atoms with Crippen LogP contribution in [0.25, 0.3) is 0 Å². The number of nitrogens with zero attached hydrogens (tertiary/aromatic N) is 3. The minimum absolute atomic E-state index is 0.311. The van der Waals surface area contributed by atoms with Crippen LogP contribution in [0.15, 0.2) is 29.1 Å². The molecule has 0 aliphatic carbocycles. The molecule has 19 heavy (non-hydrogen) atoms. The molecule has 0 saturated carbocycles. The van der Waals surface area contributed by atoms with Crippen LogP contribution in [0.1, 0.15) is 30.6 Å². The molecule has 102 valence electrons. The van der Waals surface area contributed by atoms with Crippen LogP contribution < -0.4 is 10.5 Å². The van der Waals surface area contributed by atoms with Gasteiger partial charge in [0.15, 0.2) is 5.75 Å². The maximum Gasteiger partial charge on any atom is 0.161 e. The summed E-state index contributed by atoms with van der Waals surface area (Å²) in [4.78, 5) is 4.15. The van der Waals surface area contributed by atoms with Crippen molar-refractivity contribution in [1.82, 2.24) is 14.8 Å². The average Bonchev–Trinajstić information content (AvgIpc) is 2.81. The zero-order chi connectivity index (χ0) is 13.8. The Hall–Kier alpha value is -1.40. The largest absolute Gasteiger partial charge is 0.493 e. The third-order valence-electron chi connectivity index (χ3n) is 2.88. The third-order valence-corrected chi connectivity index (χ3v) is 3.31. The molecule has 2 aromatic rings. The van der Waals surface area contributed by atoms with Crippen LogP contribution in [-0.4, -0.2) is 21.9 Å². The van der Waals surface area contributed by atoms with Gasteiger partial charge in [0.1, 0.15) is 5.69 Å². The fourth-order valence-electron chi connectivity index (χ4n) is 1.99. The van der Waals surface area contributed by atoms with E-state index in [1.165, 1.54) is 0 Å². The number of nitrogens with two attached hydrogens (primary N) is 1. The molecule has 0 aromatic carbocycles. The summed E-state index contributed by atoms with van der Waals surface area (Å²) >= 11 is 3.41. The molecule has 0 aliphatic rings. The lowest BCUT2D eigenvalue weighted by molar-refractivity contribution is 0.404. The number of aromatic nitrogens is 3. The van der Waals surface area contributed by atoms with Crippen molar-refractivity contribution in [2.75, 3.05) is 7.11 Å². The van der Waals surface area contributed by atoms with Crippen LogP contribution >= 0.6 is 15.9 Å². The van der Waals surface area contributed by atoms with Gasteiger partial charge in [-0.05, 0) is 34.0 Å². The fourth-order valence-corrected chi connectivity index (χ4v) is 2.38. The van der Waals surface area contributed by atoms with Crippen molar-refractivity contribution in [1.29, 1.82) is 0 Å². The van der Waals surface area contributed by atoms with Crippen molar-refractivity contribution in [3.63, 3.8) is 0 Å². The van der Waals surface area contributed by atoms with Crippen molar-refractivity contribution >= 4 is 15.9 Å². The van der Waals surface area contributed by atoms with Gasteiger partial charge in [-0.25, -0.2) is 0 Å². The van der Waals surface area contributed by atoms with Crippen LogP contribution in [0.4, 0.5) is 0 Å². The molecule has 2 heterocycles. The molecule has 2 aromatic heterocycles. The molecule has 0 saturated heterocycles. The summed E-state index contributed by atoms with van der Waals surface area (Å²) in [6.07, 6.45) is 6.19. The Morgan fingerprint density at radius 1 is 1.42 bits per heavy atom. The molecule has 5 nitrogen and oxygen atoms in total. The van der Waals surface area contributed by atoms with Gasteiger partial charge in [0.05, 0.1) is 19.3 Å². The standard InChI is InChI=1S/C13H17BrN4O/c1-3-4-18-13(11(19-2)8-17-18)12(15)9-5-10(14)7-16-6-9/h5-8,12H,3-4,15H2,1-2H3. The third kappa shape index (κ3) is 2.96. The first-order valence-corrected chi connectivity index (χ1v) is 6.92. The molecule has 2 N–H and O–H groups in total. The number of methoxy groups -OCH3 is 1. The first-order chi connectivity index (χ1) is 9.17. The number of halogens is 1. The number of aryl methyl sites for hydroxylation is 1. The Balaban J connectivity index is 2.41. The van der Waals surface area contributed by atoms with Crippen molar-refractivity contribution in [2.45, 2.75) is 25.9 Å². The molecule has 6 heteroatoms. The summed E-state index contributed by atoms with van der Waals surface area (Å²) in [5.41, 5.74) is 8.14. The molecule has 0 radical (unpaired) electrons. The quantitative estimate of drug-likeness (QED) is 0.917. The smallest absolute Gasteiger partial charge is 0.161 e. The van der Waals surface area contributed by atoms with Gasteiger partial charge in [-0.3, -0.25) is 9.67 Å². The molecule has 0 aliphatic heterocycles. The summed E-state index contributed by atoms with van der Waals surface area (Å²) < 4.78 is 8.15. The van der Waals surface area contributed by atoms with Gasteiger partial charge in [-0.2, -0.15) is 5.10 Å². The van der Waals surface area contributed by atoms with Gasteiger partial charge in [0.2, 0.25) is 0 Å². The van der Waals surface area contributed by atoms with Gasteiger partial charge in [0, 0.05) is 23.4 Å². The van der Waals surface area contributed by atoms with Crippen molar-refractivity contribution < 1.29 is 4.74 Å². The second kappa shape index (κ2) is 6.16. The molecule has 0 spiro atoms. The van der Waals surface area contributed by atoms with E-state index in [2.05, 4.69) is 32.9 Å².